The summed E-state index contributed by atoms with van der Waals surface area (Å²) in [4.78, 5) is 16.9. The Bertz CT molecular complexity index is 561. The Kier molecular flexibility index (Phi) is 5.41. The highest BCUT2D eigenvalue weighted by Crippen LogP contribution is 2.31. The summed E-state index contributed by atoms with van der Waals surface area (Å²) >= 11 is 6.41. The maximum atomic E-state index is 12.5. The minimum Gasteiger partial charge on any atom is -0.378 e. The molecular formula is C17H24ClN3O2. The topological polar surface area (TPSA) is 44.8 Å². The van der Waals surface area contributed by atoms with Crippen molar-refractivity contribution in [2.45, 2.75) is 25.8 Å². The molecule has 1 N–H and O–H groups in total. The summed E-state index contributed by atoms with van der Waals surface area (Å²) in [6, 6.07) is 5.54. The zero-order valence-corrected chi connectivity index (χ0v) is 14.3. The van der Waals surface area contributed by atoms with Gasteiger partial charge in [0, 0.05) is 25.3 Å². The predicted molar refractivity (Wildman–Crippen MR) is 93.4 cm³/mol. The number of halogens is 1. The minimum atomic E-state index is -0.231. The third kappa shape index (κ3) is 3.79. The van der Waals surface area contributed by atoms with E-state index in [0.29, 0.717) is 18.2 Å². The molecule has 1 amide bonds. The Hall–Kier alpha value is -1.30. The molecule has 2 saturated heterocycles. The van der Waals surface area contributed by atoms with Gasteiger partial charge < -0.3 is 15.0 Å². The van der Waals surface area contributed by atoms with Crippen LogP contribution in [0.25, 0.3) is 0 Å². The molecule has 0 radical (unpaired) electrons. The van der Waals surface area contributed by atoms with Crippen molar-refractivity contribution in [1.29, 1.82) is 0 Å². The first-order valence-corrected chi connectivity index (χ1v) is 8.74. The van der Waals surface area contributed by atoms with Gasteiger partial charge in [0.25, 0.3) is 0 Å². The SMILES string of the molecule is CCN1CCOCC1C(=O)Nc1ccc(N2CCCC2)c(Cl)c1. The molecule has 2 fully saturated rings. The summed E-state index contributed by atoms with van der Waals surface area (Å²) < 4.78 is 5.45. The number of likely N-dealkylation sites (N-methyl/N-ethyl adjacent to an activating group) is 1. The largest absolute Gasteiger partial charge is 0.378 e. The fraction of sp³-hybridized carbons (Fsp3) is 0.588. The predicted octanol–water partition coefficient (Wildman–Crippen LogP) is 2.60. The average molecular weight is 338 g/mol. The number of nitrogens with one attached hydrogen (secondary N) is 1. The lowest BCUT2D eigenvalue weighted by Crippen LogP contribution is -2.51. The molecule has 1 aromatic carbocycles. The van der Waals surface area contributed by atoms with E-state index in [-0.39, 0.29) is 11.9 Å². The third-order valence-corrected chi connectivity index (χ3v) is 4.91. The standard InChI is InChI=1S/C17H24ClN3O2/c1-2-20-9-10-23-12-16(20)17(22)19-13-5-6-15(14(18)11-13)21-7-3-4-8-21/h5-6,11,16H,2-4,7-10,12H2,1H3,(H,19,22). The summed E-state index contributed by atoms with van der Waals surface area (Å²) in [5.74, 6) is -0.0310. The molecule has 0 aliphatic carbocycles. The molecule has 5 nitrogen and oxygen atoms in total. The van der Waals surface area contributed by atoms with Crippen molar-refractivity contribution in [3.63, 3.8) is 0 Å². The molecule has 6 heteroatoms. The molecule has 1 unspecified atom stereocenters. The van der Waals surface area contributed by atoms with Crippen molar-refractivity contribution in [1.82, 2.24) is 4.90 Å². The first-order valence-electron chi connectivity index (χ1n) is 8.36. The second kappa shape index (κ2) is 7.51. The molecule has 2 aliphatic rings. The first-order chi connectivity index (χ1) is 11.2. The van der Waals surface area contributed by atoms with Gasteiger partial charge in [-0.15, -0.1) is 0 Å². The number of anilines is 2. The maximum absolute atomic E-state index is 12.5. The van der Waals surface area contributed by atoms with Crippen molar-refractivity contribution in [2.24, 2.45) is 0 Å². The number of rotatable bonds is 4. The molecule has 0 aromatic heterocycles. The number of carbonyl (C=O) groups is 1. The molecule has 0 bridgehead atoms. The van der Waals surface area contributed by atoms with Gasteiger partial charge in [0.05, 0.1) is 23.9 Å². The van der Waals surface area contributed by atoms with E-state index in [2.05, 4.69) is 22.0 Å². The van der Waals surface area contributed by atoms with Crippen molar-refractivity contribution < 1.29 is 9.53 Å². The third-order valence-electron chi connectivity index (χ3n) is 4.61. The van der Waals surface area contributed by atoms with Gasteiger partial charge in [-0.1, -0.05) is 18.5 Å². The van der Waals surface area contributed by atoms with Gasteiger partial charge in [0.1, 0.15) is 6.04 Å². The zero-order valence-electron chi connectivity index (χ0n) is 13.6. The van der Waals surface area contributed by atoms with Crippen LogP contribution in [0, 0.1) is 0 Å². The lowest BCUT2D eigenvalue weighted by Gasteiger charge is -2.33. The van der Waals surface area contributed by atoms with Crippen LogP contribution in [0.3, 0.4) is 0 Å². The van der Waals surface area contributed by atoms with E-state index >= 15 is 0 Å². The van der Waals surface area contributed by atoms with Gasteiger partial charge >= 0.3 is 0 Å². The lowest BCUT2D eigenvalue weighted by atomic mass is 10.2. The highest BCUT2D eigenvalue weighted by molar-refractivity contribution is 6.33. The highest BCUT2D eigenvalue weighted by atomic mass is 35.5. The molecule has 2 aliphatic heterocycles. The number of ether oxygens (including phenoxy) is 1. The van der Waals surface area contributed by atoms with E-state index in [0.717, 1.165) is 37.6 Å². The number of hydrogen-bond acceptors (Lipinski definition) is 4. The first kappa shape index (κ1) is 16.6. The van der Waals surface area contributed by atoms with E-state index < -0.39 is 0 Å². The Morgan fingerprint density at radius 3 is 2.83 bits per heavy atom. The molecule has 3 rings (SSSR count). The molecular weight excluding hydrogens is 314 g/mol. The van der Waals surface area contributed by atoms with Crippen LogP contribution < -0.4 is 10.2 Å². The normalized spacial score (nSPS) is 22.3. The number of hydrogen-bond donors (Lipinski definition) is 1. The minimum absolute atomic E-state index is 0.0310. The quantitative estimate of drug-likeness (QED) is 0.917. The zero-order chi connectivity index (χ0) is 16.2. The number of morpholine rings is 1. The molecule has 126 valence electrons. The van der Waals surface area contributed by atoms with E-state index in [1.54, 1.807) is 0 Å². The van der Waals surface area contributed by atoms with Crippen molar-refractivity contribution in [3.05, 3.63) is 23.2 Å². The summed E-state index contributed by atoms with van der Waals surface area (Å²) in [7, 11) is 0. The van der Waals surface area contributed by atoms with Gasteiger partial charge in [-0.05, 0) is 37.6 Å². The molecule has 1 atom stereocenters. The van der Waals surface area contributed by atoms with Crippen molar-refractivity contribution in [2.75, 3.05) is 49.6 Å². The fourth-order valence-corrected chi connectivity index (χ4v) is 3.58. The van der Waals surface area contributed by atoms with Crippen LogP contribution >= 0.6 is 11.6 Å². The molecule has 0 spiro atoms. The van der Waals surface area contributed by atoms with E-state index in [1.165, 1.54) is 12.8 Å². The van der Waals surface area contributed by atoms with Crippen LogP contribution in [-0.2, 0) is 9.53 Å². The number of carbonyl (C=O) groups excluding carboxylic acids is 1. The van der Waals surface area contributed by atoms with Crippen LogP contribution in [-0.4, -0.2) is 56.2 Å². The van der Waals surface area contributed by atoms with Crippen LogP contribution in [0.2, 0.25) is 5.02 Å². The van der Waals surface area contributed by atoms with Gasteiger partial charge in [-0.3, -0.25) is 9.69 Å². The second-order valence-electron chi connectivity index (χ2n) is 6.07. The van der Waals surface area contributed by atoms with Gasteiger partial charge in [-0.2, -0.15) is 0 Å². The van der Waals surface area contributed by atoms with Crippen molar-refractivity contribution >= 4 is 28.9 Å². The summed E-state index contributed by atoms with van der Waals surface area (Å²) in [6.07, 6.45) is 2.42. The average Bonchev–Trinajstić information content (AvgIpc) is 3.09. The van der Waals surface area contributed by atoms with Crippen molar-refractivity contribution in [3.8, 4) is 0 Å². The summed E-state index contributed by atoms with van der Waals surface area (Å²) in [5, 5.41) is 3.66. The Balaban J connectivity index is 1.67. The van der Waals surface area contributed by atoms with E-state index in [4.69, 9.17) is 16.3 Å². The van der Waals surface area contributed by atoms with Gasteiger partial charge in [0.2, 0.25) is 5.91 Å². The summed E-state index contributed by atoms with van der Waals surface area (Å²) in [6.45, 7) is 6.94. The number of nitrogens with zero attached hydrogens (tertiary/aromatic N) is 2. The van der Waals surface area contributed by atoms with Crippen LogP contribution in [0.5, 0.6) is 0 Å². The van der Waals surface area contributed by atoms with Crippen LogP contribution in [0.1, 0.15) is 19.8 Å². The Labute approximate surface area is 142 Å². The molecule has 2 heterocycles. The fourth-order valence-electron chi connectivity index (χ4n) is 3.28. The van der Waals surface area contributed by atoms with Crippen LogP contribution in [0.15, 0.2) is 18.2 Å². The molecule has 23 heavy (non-hydrogen) atoms. The molecule has 0 saturated carbocycles. The molecule has 1 aromatic rings. The number of amides is 1. The van der Waals surface area contributed by atoms with E-state index in [1.807, 2.05) is 18.2 Å². The highest BCUT2D eigenvalue weighted by Gasteiger charge is 2.28. The number of benzene rings is 1. The van der Waals surface area contributed by atoms with Crippen LogP contribution in [0.4, 0.5) is 11.4 Å². The second-order valence-corrected chi connectivity index (χ2v) is 6.48. The maximum Gasteiger partial charge on any atom is 0.244 e. The Morgan fingerprint density at radius 2 is 2.13 bits per heavy atom. The smallest absolute Gasteiger partial charge is 0.244 e. The Morgan fingerprint density at radius 1 is 1.35 bits per heavy atom. The monoisotopic (exact) mass is 337 g/mol. The van der Waals surface area contributed by atoms with Gasteiger partial charge in [0.15, 0.2) is 0 Å². The van der Waals surface area contributed by atoms with Gasteiger partial charge in [-0.25, -0.2) is 0 Å². The lowest BCUT2D eigenvalue weighted by molar-refractivity contribution is -0.127. The summed E-state index contributed by atoms with van der Waals surface area (Å²) in [5.41, 5.74) is 1.79. The van der Waals surface area contributed by atoms with E-state index in [9.17, 15) is 4.79 Å².